The summed E-state index contributed by atoms with van der Waals surface area (Å²) in [5, 5.41) is 7.74. The van der Waals surface area contributed by atoms with Gasteiger partial charge in [0.1, 0.15) is 6.33 Å². The van der Waals surface area contributed by atoms with Gasteiger partial charge in [-0.3, -0.25) is 4.68 Å². The van der Waals surface area contributed by atoms with E-state index in [2.05, 4.69) is 33.6 Å². The summed E-state index contributed by atoms with van der Waals surface area (Å²) in [5.74, 6) is 0.815. The molecule has 1 aliphatic rings. The van der Waals surface area contributed by atoms with Crippen molar-refractivity contribution in [2.75, 3.05) is 0 Å². The van der Waals surface area contributed by atoms with Crippen molar-refractivity contribution < 1.29 is 0 Å². The first-order chi connectivity index (χ1) is 8.74. The molecule has 0 aliphatic heterocycles. The minimum Gasteiger partial charge on any atom is -0.324 e. The van der Waals surface area contributed by atoms with Crippen molar-refractivity contribution in [1.29, 1.82) is 0 Å². The van der Waals surface area contributed by atoms with E-state index in [0.717, 1.165) is 12.2 Å². The molecule has 5 nitrogen and oxygen atoms in total. The SMILES string of the molecule is Cn1cnc(CNC2CC(N)c3ccccc32)n1. The summed E-state index contributed by atoms with van der Waals surface area (Å²) in [4.78, 5) is 4.21. The number of fused-ring (bicyclic) bond motifs is 1. The van der Waals surface area contributed by atoms with Crippen molar-refractivity contribution in [2.24, 2.45) is 12.8 Å². The van der Waals surface area contributed by atoms with Gasteiger partial charge in [0.2, 0.25) is 0 Å². The summed E-state index contributed by atoms with van der Waals surface area (Å²) in [6, 6.07) is 8.80. The monoisotopic (exact) mass is 243 g/mol. The van der Waals surface area contributed by atoms with Crippen LogP contribution in [0, 0.1) is 0 Å². The minimum absolute atomic E-state index is 0.135. The van der Waals surface area contributed by atoms with Crippen LogP contribution < -0.4 is 11.1 Å². The number of benzene rings is 1. The van der Waals surface area contributed by atoms with Gasteiger partial charge in [0.25, 0.3) is 0 Å². The lowest BCUT2D eigenvalue weighted by atomic mass is 10.1. The Hall–Kier alpha value is -1.72. The largest absolute Gasteiger partial charge is 0.324 e. The van der Waals surface area contributed by atoms with E-state index in [1.165, 1.54) is 11.1 Å². The Kier molecular flexibility index (Phi) is 2.85. The molecule has 3 N–H and O–H groups in total. The maximum atomic E-state index is 6.13. The molecule has 0 bridgehead atoms. The molecule has 5 heteroatoms. The van der Waals surface area contributed by atoms with Crippen molar-refractivity contribution in [2.45, 2.75) is 25.0 Å². The van der Waals surface area contributed by atoms with E-state index >= 15 is 0 Å². The Balaban J connectivity index is 1.72. The summed E-state index contributed by atoms with van der Waals surface area (Å²) in [7, 11) is 1.87. The molecular weight excluding hydrogens is 226 g/mol. The average molecular weight is 243 g/mol. The molecule has 1 aromatic heterocycles. The molecule has 0 spiro atoms. The molecule has 0 saturated heterocycles. The number of nitrogens with two attached hydrogens (primary N) is 1. The number of aromatic nitrogens is 3. The van der Waals surface area contributed by atoms with Crippen LogP contribution in [-0.4, -0.2) is 14.8 Å². The molecule has 0 amide bonds. The van der Waals surface area contributed by atoms with Gasteiger partial charge in [-0.1, -0.05) is 24.3 Å². The summed E-state index contributed by atoms with van der Waals surface area (Å²) < 4.78 is 1.71. The van der Waals surface area contributed by atoms with Gasteiger partial charge in [-0.05, 0) is 17.5 Å². The van der Waals surface area contributed by atoms with Gasteiger partial charge in [0.05, 0.1) is 6.54 Å². The fourth-order valence-electron chi connectivity index (χ4n) is 2.55. The van der Waals surface area contributed by atoms with Crippen LogP contribution in [0.4, 0.5) is 0 Å². The van der Waals surface area contributed by atoms with E-state index in [0.29, 0.717) is 12.6 Å². The Morgan fingerprint density at radius 2 is 2.17 bits per heavy atom. The maximum absolute atomic E-state index is 6.13. The van der Waals surface area contributed by atoms with Crippen LogP contribution in [-0.2, 0) is 13.6 Å². The van der Waals surface area contributed by atoms with Gasteiger partial charge in [0, 0.05) is 19.1 Å². The zero-order chi connectivity index (χ0) is 12.5. The van der Waals surface area contributed by atoms with E-state index in [1.54, 1.807) is 11.0 Å². The van der Waals surface area contributed by atoms with Crippen molar-refractivity contribution >= 4 is 0 Å². The lowest BCUT2D eigenvalue weighted by molar-refractivity contribution is 0.489. The summed E-state index contributed by atoms with van der Waals surface area (Å²) in [6.45, 7) is 0.673. The van der Waals surface area contributed by atoms with Crippen molar-refractivity contribution in [3.63, 3.8) is 0 Å². The third-order valence-corrected chi connectivity index (χ3v) is 3.41. The number of rotatable bonds is 3. The molecule has 1 aromatic carbocycles. The number of nitrogens with zero attached hydrogens (tertiary/aromatic N) is 3. The van der Waals surface area contributed by atoms with Gasteiger partial charge in [-0.15, -0.1) is 0 Å². The van der Waals surface area contributed by atoms with Gasteiger partial charge < -0.3 is 11.1 Å². The van der Waals surface area contributed by atoms with Crippen LogP contribution in [0.1, 0.15) is 35.5 Å². The molecule has 3 rings (SSSR count). The van der Waals surface area contributed by atoms with Gasteiger partial charge >= 0.3 is 0 Å². The second kappa shape index (κ2) is 4.51. The summed E-state index contributed by atoms with van der Waals surface area (Å²) in [6.07, 6.45) is 2.65. The lowest BCUT2D eigenvalue weighted by Gasteiger charge is -2.12. The highest BCUT2D eigenvalue weighted by molar-refractivity contribution is 5.37. The highest BCUT2D eigenvalue weighted by Crippen LogP contribution is 2.36. The average Bonchev–Trinajstić information content (AvgIpc) is 2.92. The smallest absolute Gasteiger partial charge is 0.164 e. The zero-order valence-corrected chi connectivity index (χ0v) is 10.4. The Labute approximate surface area is 106 Å². The fourth-order valence-corrected chi connectivity index (χ4v) is 2.55. The summed E-state index contributed by atoms with van der Waals surface area (Å²) >= 11 is 0. The predicted molar refractivity (Wildman–Crippen MR) is 68.6 cm³/mol. The zero-order valence-electron chi connectivity index (χ0n) is 10.4. The first-order valence-corrected chi connectivity index (χ1v) is 6.16. The number of hydrogen-bond acceptors (Lipinski definition) is 4. The highest BCUT2D eigenvalue weighted by atomic mass is 15.3. The van der Waals surface area contributed by atoms with E-state index < -0.39 is 0 Å². The van der Waals surface area contributed by atoms with E-state index in [9.17, 15) is 0 Å². The normalized spacial score (nSPS) is 22.1. The molecule has 94 valence electrons. The van der Waals surface area contributed by atoms with Gasteiger partial charge in [-0.2, -0.15) is 5.10 Å². The summed E-state index contributed by atoms with van der Waals surface area (Å²) in [5.41, 5.74) is 8.69. The maximum Gasteiger partial charge on any atom is 0.164 e. The van der Waals surface area contributed by atoms with Gasteiger partial charge in [0.15, 0.2) is 5.82 Å². The molecule has 1 heterocycles. The third kappa shape index (κ3) is 2.02. The standard InChI is InChI=1S/C13H17N5/c1-18-8-16-13(17-18)7-15-12-6-11(14)9-4-2-3-5-10(9)12/h2-5,8,11-12,15H,6-7,14H2,1H3. The van der Waals surface area contributed by atoms with Gasteiger partial charge in [-0.25, -0.2) is 4.98 Å². The Bertz CT molecular complexity index is 548. The fraction of sp³-hybridized carbons (Fsp3) is 0.385. The quantitative estimate of drug-likeness (QED) is 0.845. The van der Waals surface area contributed by atoms with Crippen LogP contribution in [0.5, 0.6) is 0 Å². The highest BCUT2D eigenvalue weighted by Gasteiger charge is 2.27. The molecule has 18 heavy (non-hydrogen) atoms. The van der Waals surface area contributed by atoms with Crippen molar-refractivity contribution in [3.8, 4) is 0 Å². The van der Waals surface area contributed by atoms with Crippen LogP contribution in [0.15, 0.2) is 30.6 Å². The number of aryl methyl sites for hydroxylation is 1. The molecular formula is C13H17N5. The first kappa shape index (κ1) is 11.4. The number of nitrogens with one attached hydrogen (secondary N) is 1. The predicted octanol–water partition coefficient (Wildman–Crippen LogP) is 1.05. The third-order valence-electron chi connectivity index (χ3n) is 3.41. The van der Waals surface area contributed by atoms with E-state index in [-0.39, 0.29) is 6.04 Å². The first-order valence-electron chi connectivity index (χ1n) is 6.16. The van der Waals surface area contributed by atoms with Crippen molar-refractivity contribution in [1.82, 2.24) is 20.1 Å². The number of hydrogen-bond donors (Lipinski definition) is 2. The molecule has 2 unspecified atom stereocenters. The van der Waals surface area contributed by atoms with Crippen LogP contribution in [0.2, 0.25) is 0 Å². The second-order valence-corrected chi connectivity index (χ2v) is 4.74. The Morgan fingerprint density at radius 3 is 2.89 bits per heavy atom. The Morgan fingerprint density at radius 1 is 1.39 bits per heavy atom. The molecule has 0 saturated carbocycles. The van der Waals surface area contributed by atoms with Crippen molar-refractivity contribution in [3.05, 3.63) is 47.5 Å². The van der Waals surface area contributed by atoms with Crippen LogP contribution >= 0.6 is 0 Å². The minimum atomic E-state index is 0.135. The van der Waals surface area contributed by atoms with E-state index in [4.69, 9.17) is 5.73 Å². The molecule has 0 fully saturated rings. The lowest BCUT2D eigenvalue weighted by Crippen LogP contribution is -2.20. The van der Waals surface area contributed by atoms with E-state index in [1.807, 2.05) is 13.1 Å². The second-order valence-electron chi connectivity index (χ2n) is 4.74. The molecule has 2 atom stereocenters. The van der Waals surface area contributed by atoms with Crippen LogP contribution in [0.25, 0.3) is 0 Å². The molecule has 0 radical (unpaired) electrons. The molecule has 1 aliphatic carbocycles. The molecule has 2 aromatic rings. The topological polar surface area (TPSA) is 68.8 Å². The van der Waals surface area contributed by atoms with Crippen LogP contribution in [0.3, 0.4) is 0 Å².